The first-order valence-corrected chi connectivity index (χ1v) is 8.63. The fourth-order valence-electron chi connectivity index (χ4n) is 2.99. The quantitative estimate of drug-likeness (QED) is 0.664. The number of hydrogen-bond acceptors (Lipinski definition) is 4. The van der Waals surface area contributed by atoms with Crippen molar-refractivity contribution in [2.75, 3.05) is 6.54 Å². The number of benzene rings is 1. The van der Waals surface area contributed by atoms with E-state index in [0.29, 0.717) is 23.0 Å². The number of amides is 1. The zero-order valence-corrected chi connectivity index (χ0v) is 15.3. The summed E-state index contributed by atoms with van der Waals surface area (Å²) in [7, 11) is 1.75. The molecule has 1 aliphatic heterocycles. The smallest absolute Gasteiger partial charge is 0.416 e. The maximum atomic E-state index is 12.8. The molecule has 0 radical (unpaired) electrons. The van der Waals surface area contributed by atoms with Crippen LogP contribution in [0.1, 0.15) is 24.0 Å². The number of alkyl halides is 3. The van der Waals surface area contributed by atoms with Crippen LogP contribution >= 0.6 is 0 Å². The van der Waals surface area contributed by atoms with Crippen LogP contribution < -0.4 is 5.32 Å². The molecule has 0 saturated carbocycles. The van der Waals surface area contributed by atoms with E-state index >= 15 is 0 Å². The van der Waals surface area contributed by atoms with Crippen LogP contribution in [0, 0.1) is 6.92 Å². The van der Waals surface area contributed by atoms with E-state index in [9.17, 15) is 23.1 Å². The van der Waals surface area contributed by atoms with Gasteiger partial charge in [0.25, 0.3) is 0 Å². The summed E-state index contributed by atoms with van der Waals surface area (Å²) < 4.78 is 39.9. The van der Waals surface area contributed by atoms with Crippen molar-refractivity contribution in [3.8, 4) is 17.0 Å². The van der Waals surface area contributed by atoms with Gasteiger partial charge in [0.05, 0.1) is 11.3 Å². The maximum absolute atomic E-state index is 12.8. The molecular formula is C19H19F3N4O2. The van der Waals surface area contributed by atoms with Gasteiger partial charge in [-0.2, -0.15) is 18.3 Å². The molecule has 2 aromatic heterocycles. The molecule has 1 aliphatic rings. The summed E-state index contributed by atoms with van der Waals surface area (Å²) in [5, 5.41) is 17.7. The Hall–Kier alpha value is -3.10. The van der Waals surface area contributed by atoms with Crippen LogP contribution in [0.4, 0.5) is 13.2 Å². The summed E-state index contributed by atoms with van der Waals surface area (Å²) in [6.07, 6.45) is -0.955. The molecule has 148 valence electrons. The number of aryl methyl sites for hydroxylation is 2. The molecule has 0 bridgehead atoms. The van der Waals surface area contributed by atoms with Crippen molar-refractivity contribution in [3.05, 3.63) is 41.6 Å². The number of rotatable bonds is 1. The van der Waals surface area contributed by atoms with E-state index in [1.165, 1.54) is 6.92 Å². The molecule has 1 fully saturated rings. The van der Waals surface area contributed by atoms with Gasteiger partial charge in [0.15, 0.2) is 5.65 Å². The fourth-order valence-corrected chi connectivity index (χ4v) is 2.99. The Morgan fingerprint density at radius 3 is 2.54 bits per heavy atom. The van der Waals surface area contributed by atoms with Gasteiger partial charge in [-0.05, 0) is 43.2 Å². The zero-order valence-electron chi connectivity index (χ0n) is 15.3. The van der Waals surface area contributed by atoms with Gasteiger partial charge >= 0.3 is 6.18 Å². The Kier molecular flexibility index (Phi) is 5.26. The fraction of sp³-hybridized carbons (Fsp3) is 0.316. The topological polar surface area (TPSA) is 80.0 Å². The monoisotopic (exact) mass is 392 g/mol. The second-order valence-electron chi connectivity index (χ2n) is 6.55. The average Bonchev–Trinajstić information content (AvgIpc) is 3.21. The first-order valence-electron chi connectivity index (χ1n) is 8.63. The van der Waals surface area contributed by atoms with E-state index in [-0.39, 0.29) is 11.5 Å². The number of aromatic hydroxyl groups is 1. The van der Waals surface area contributed by atoms with Gasteiger partial charge in [-0.15, -0.1) is 0 Å². The van der Waals surface area contributed by atoms with Gasteiger partial charge in [-0.3, -0.25) is 9.48 Å². The number of phenols is 1. The van der Waals surface area contributed by atoms with E-state index < -0.39 is 17.5 Å². The number of pyridine rings is 1. The number of carbonyl (C=O) groups is 1. The second-order valence-corrected chi connectivity index (χ2v) is 6.55. The molecule has 3 heterocycles. The van der Waals surface area contributed by atoms with E-state index in [1.54, 1.807) is 30.1 Å². The van der Waals surface area contributed by atoms with Crippen molar-refractivity contribution < 1.29 is 23.1 Å². The van der Waals surface area contributed by atoms with Gasteiger partial charge in [0, 0.05) is 37.2 Å². The third-order valence-corrected chi connectivity index (χ3v) is 4.28. The SMILES string of the molecule is Cc1cc(C(F)(F)F)cc(O)c1-c1ccc2cn(C)nc2n1.O=C1CCCN1. The van der Waals surface area contributed by atoms with Crippen LogP contribution in [0.15, 0.2) is 30.5 Å². The summed E-state index contributed by atoms with van der Waals surface area (Å²) in [5.74, 6) is -0.245. The van der Waals surface area contributed by atoms with Crippen LogP contribution in [0.2, 0.25) is 0 Å². The summed E-state index contributed by atoms with van der Waals surface area (Å²) in [6, 6.07) is 5.13. The molecule has 9 heteroatoms. The molecule has 1 amide bonds. The first kappa shape index (κ1) is 19.7. The molecule has 3 aromatic rings. The number of phenolic OH excluding ortho intramolecular Hbond substituents is 1. The lowest BCUT2D eigenvalue weighted by Crippen LogP contribution is -2.12. The second kappa shape index (κ2) is 7.49. The number of hydrogen-bond donors (Lipinski definition) is 2. The minimum absolute atomic E-state index is 0.204. The Bertz CT molecular complexity index is 997. The highest BCUT2D eigenvalue weighted by molar-refractivity contribution is 5.80. The first-order chi connectivity index (χ1) is 13.1. The lowest BCUT2D eigenvalue weighted by atomic mass is 10.00. The molecule has 1 saturated heterocycles. The van der Waals surface area contributed by atoms with Gasteiger partial charge in [0.2, 0.25) is 5.91 Å². The van der Waals surface area contributed by atoms with E-state index in [0.717, 1.165) is 30.8 Å². The predicted molar refractivity (Wildman–Crippen MR) is 97.6 cm³/mol. The molecule has 0 spiro atoms. The highest BCUT2D eigenvalue weighted by atomic mass is 19.4. The number of aromatic nitrogens is 3. The molecule has 28 heavy (non-hydrogen) atoms. The van der Waals surface area contributed by atoms with E-state index in [4.69, 9.17) is 0 Å². The number of fused-ring (bicyclic) bond motifs is 1. The summed E-state index contributed by atoms with van der Waals surface area (Å²) >= 11 is 0. The van der Waals surface area contributed by atoms with Crippen molar-refractivity contribution in [1.29, 1.82) is 0 Å². The largest absolute Gasteiger partial charge is 0.507 e. The minimum atomic E-state index is -4.50. The average molecular weight is 392 g/mol. The zero-order chi connectivity index (χ0) is 20.5. The highest BCUT2D eigenvalue weighted by Gasteiger charge is 2.32. The molecular weight excluding hydrogens is 373 g/mol. The summed E-state index contributed by atoms with van der Waals surface area (Å²) in [4.78, 5) is 14.4. The van der Waals surface area contributed by atoms with Gasteiger partial charge in [-0.25, -0.2) is 4.98 Å². The number of carbonyl (C=O) groups excluding carboxylic acids is 1. The van der Waals surface area contributed by atoms with E-state index in [1.807, 2.05) is 0 Å². The number of nitrogens with zero attached hydrogens (tertiary/aromatic N) is 3. The van der Waals surface area contributed by atoms with Crippen molar-refractivity contribution in [1.82, 2.24) is 20.1 Å². The standard InChI is InChI=1S/C15H12F3N3O.C4H7NO/c1-8-5-10(15(16,17)18)6-12(22)13(8)11-4-3-9-7-21(2)20-14(9)19-11;6-4-2-1-3-5-4/h3-7,22H,1-2H3;1-3H2,(H,5,6). The van der Waals surface area contributed by atoms with E-state index in [2.05, 4.69) is 15.4 Å². The lowest BCUT2D eigenvalue weighted by Gasteiger charge is -2.13. The number of halogens is 3. The van der Waals surface area contributed by atoms with Crippen molar-refractivity contribution >= 4 is 16.9 Å². The van der Waals surface area contributed by atoms with Crippen LogP contribution in [0.25, 0.3) is 22.3 Å². The minimum Gasteiger partial charge on any atom is -0.507 e. The Labute approximate surface area is 159 Å². The van der Waals surface area contributed by atoms with Gasteiger partial charge in [-0.1, -0.05) is 0 Å². The Morgan fingerprint density at radius 2 is 2.00 bits per heavy atom. The molecule has 0 unspecified atom stereocenters. The van der Waals surface area contributed by atoms with Crippen LogP contribution in [0.3, 0.4) is 0 Å². The van der Waals surface area contributed by atoms with Crippen LogP contribution in [0.5, 0.6) is 5.75 Å². The van der Waals surface area contributed by atoms with Gasteiger partial charge < -0.3 is 10.4 Å². The third kappa shape index (κ3) is 4.24. The van der Waals surface area contributed by atoms with Crippen molar-refractivity contribution in [3.63, 3.8) is 0 Å². The molecule has 0 atom stereocenters. The lowest BCUT2D eigenvalue weighted by molar-refractivity contribution is -0.137. The molecule has 4 rings (SSSR count). The molecule has 6 nitrogen and oxygen atoms in total. The summed E-state index contributed by atoms with van der Waals surface area (Å²) in [6.45, 7) is 2.40. The van der Waals surface area contributed by atoms with Crippen molar-refractivity contribution in [2.45, 2.75) is 25.9 Å². The predicted octanol–water partition coefficient (Wildman–Crippen LogP) is 3.56. The van der Waals surface area contributed by atoms with Crippen LogP contribution in [-0.4, -0.2) is 32.3 Å². The van der Waals surface area contributed by atoms with Crippen LogP contribution in [-0.2, 0) is 18.0 Å². The Balaban J connectivity index is 0.000000320. The van der Waals surface area contributed by atoms with Crippen molar-refractivity contribution in [2.24, 2.45) is 7.05 Å². The normalized spacial score (nSPS) is 14.0. The number of nitrogens with one attached hydrogen (secondary N) is 1. The Morgan fingerprint density at radius 1 is 1.25 bits per heavy atom. The maximum Gasteiger partial charge on any atom is 0.416 e. The molecule has 2 N–H and O–H groups in total. The third-order valence-electron chi connectivity index (χ3n) is 4.28. The molecule has 0 aliphatic carbocycles. The summed E-state index contributed by atoms with van der Waals surface area (Å²) in [5.41, 5.74) is 0.550. The van der Waals surface area contributed by atoms with Gasteiger partial charge in [0.1, 0.15) is 5.75 Å². The highest BCUT2D eigenvalue weighted by Crippen LogP contribution is 2.38. The molecule has 1 aromatic carbocycles.